The fourth-order valence-corrected chi connectivity index (χ4v) is 1.99. The molecule has 0 radical (unpaired) electrons. The van der Waals surface area contributed by atoms with Crippen LogP contribution in [-0.2, 0) is 4.79 Å². The summed E-state index contributed by atoms with van der Waals surface area (Å²) >= 11 is 1.62. The van der Waals surface area contributed by atoms with Crippen LogP contribution in [0.2, 0.25) is 0 Å². The third-order valence-corrected chi connectivity index (χ3v) is 3.74. The largest absolute Gasteiger partial charge is 0.352 e. The molecule has 2 atom stereocenters. The summed E-state index contributed by atoms with van der Waals surface area (Å²) in [4.78, 5) is 11.7. The molecule has 15 heavy (non-hydrogen) atoms. The SMILES string of the molecule is CCC(CC)NC(=O)C(C)SCC(C)N. The van der Waals surface area contributed by atoms with Gasteiger partial charge in [0.2, 0.25) is 5.91 Å². The maximum absolute atomic E-state index is 11.7. The Kier molecular flexibility index (Phi) is 7.88. The number of hydrogen-bond acceptors (Lipinski definition) is 3. The molecule has 0 aromatic rings. The first kappa shape index (κ1) is 14.8. The molecule has 4 heteroatoms. The first-order chi connectivity index (χ1) is 7.01. The van der Waals surface area contributed by atoms with Gasteiger partial charge >= 0.3 is 0 Å². The van der Waals surface area contributed by atoms with Gasteiger partial charge in [-0.05, 0) is 26.7 Å². The van der Waals surface area contributed by atoms with E-state index in [0.717, 1.165) is 18.6 Å². The average Bonchev–Trinajstić information content (AvgIpc) is 2.21. The molecule has 0 aromatic heterocycles. The van der Waals surface area contributed by atoms with E-state index in [1.807, 2.05) is 13.8 Å². The van der Waals surface area contributed by atoms with E-state index in [4.69, 9.17) is 5.73 Å². The Labute approximate surface area is 97.6 Å². The van der Waals surface area contributed by atoms with Gasteiger partial charge in [-0.15, -0.1) is 11.8 Å². The molecule has 90 valence electrons. The average molecular weight is 232 g/mol. The highest BCUT2D eigenvalue weighted by molar-refractivity contribution is 8.00. The molecular weight excluding hydrogens is 208 g/mol. The molecule has 3 nitrogen and oxygen atoms in total. The highest BCUT2D eigenvalue weighted by Crippen LogP contribution is 2.12. The topological polar surface area (TPSA) is 55.1 Å². The van der Waals surface area contributed by atoms with Crippen LogP contribution in [0, 0.1) is 0 Å². The predicted octanol–water partition coefficient (Wildman–Crippen LogP) is 1.76. The van der Waals surface area contributed by atoms with E-state index >= 15 is 0 Å². The number of nitrogens with one attached hydrogen (secondary N) is 1. The summed E-state index contributed by atoms with van der Waals surface area (Å²) in [6.45, 7) is 8.08. The van der Waals surface area contributed by atoms with Crippen molar-refractivity contribution in [3.63, 3.8) is 0 Å². The minimum atomic E-state index is -0.00315. The van der Waals surface area contributed by atoms with E-state index in [1.165, 1.54) is 0 Å². The first-order valence-electron chi connectivity index (χ1n) is 5.68. The van der Waals surface area contributed by atoms with Gasteiger partial charge in [0.1, 0.15) is 0 Å². The number of carbonyl (C=O) groups is 1. The zero-order valence-corrected chi connectivity index (χ0v) is 11.1. The number of thioether (sulfide) groups is 1. The van der Waals surface area contributed by atoms with Gasteiger partial charge in [0.15, 0.2) is 0 Å². The fraction of sp³-hybridized carbons (Fsp3) is 0.909. The van der Waals surface area contributed by atoms with E-state index in [2.05, 4.69) is 19.2 Å². The number of carbonyl (C=O) groups excluding carboxylic acids is 1. The third kappa shape index (κ3) is 6.79. The van der Waals surface area contributed by atoms with Crippen LogP contribution in [0.4, 0.5) is 0 Å². The van der Waals surface area contributed by atoms with Crippen LogP contribution in [0.1, 0.15) is 40.5 Å². The van der Waals surface area contributed by atoms with Crippen LogP contribution in [0.25, 0.3) is 0 Å². The number of nitrogens with two attached hydrogens (primary N) is 1. The summed E-state index contributed by atoms with van der Waals surface area (Å²) in [7, 11) is 0. The lowest BCUT2D eigenvalue weighted by molar-refractivity contribution is -0.121. The summed E-state index contributed by atoms with van der Waals surface area (Å²) in [5.74, 6) is 0.965. The molecule has 0 saturated carbocycles. The molecule has 3 N–H and O–H groups in total. The molecule has 0 saturated heterocycles. The summed E-state index contributed by atoms with van der Waals surface area (Å²) < 4.78 is 0. The molecule has 0 heterocycles. The molecule has 0 aliphatic carbocycles. The molecule has 0 aromatic carbocycles. The van der Waals surface area contributed by atoms with E-state index in [1.54, 1.807) is 11.8 Å². The van der Waals surface area contributed by atoms with Gasteiger partial charge in [-0.2, -0.15) is 0 Å². The van der Waals surface area contributed by atoms with Crippen LogP contribution in [0.3, 0.4) is 0 Å². The van der Waals surface area contributed by atoms with Gasteiger partial charge in [-0.3, -0.25) is 4.79 Å². The monoisotopic (exact) mass is 232 g/mol. The van der Waals surface area contributed by atoms with Crippen LogP contribution in [0.15, 0.2) is 0 Å². The smallest absolute Gasteiger partial charge is 0.233 e. The van der Waals surface area contributed by atoms with Crippen LogP contribution in [-0.4, -0.2) is 29.0 Å². The van der Waals surface area contributed by atoms with Gasteiger partial charge in [-0.25, -0.2) is 0 Å². The molecular formula is C11H24N2OS. The molecule has 0 aliphatic rings. The molecule has 0 fully saturated rings. The Balaban J connectivity index is 3.87. The van der Waals surface area contributed by atoms with Crippen molar-refractivity contribution in [2.45, 2.75) is 57.9 Å². The standard InChI is InChI=1S/C11H24N2OS/c1-5-10(6-2)13-11(14)9(4)15-7-8(3)12/h8-10H,5-7,12H2,1-4H3,(H,13,14). The Morgan fingerprint density at radius 3 is 2.27 bits per heavy atom. The Morgan fingerprint density at radius 1 is 1.33 bits per heavy atom. The minimum absolute atomic E-state index is 0.00315. The van der Waals surface area contributed by atoms with Crippen molar-refractivity contribution in [1.29, 1.82) is 0 Å². The van der Waals surface area contributed by atoms with Crippen molar-refractivity contribution < 1.29 is 4.79 Å². The first-order valence-corrected chi connectivity index (χ1v) is 6.73. The quantitative estimate of drug-likeness (QED) is 0.703. The highest BCUT2D eigenvalue weighted by atomic mass is 32.2. The summed E-state index contributed by atoms with van der Waals surface area (Å²) in [5.41, 5.74) is 5.64. The second-order valence-corrected chi connectivity index (χ2v) is 5.35. The molecule has 2 unspecified atom stereocenters. The third-order valence-electron chi connectivity index (χ3n) is 2.31. The van der Waals surface area contributed by atoms with Crippen molar-refractivity contribution >= 4 is 17.7 Å². The normalized spacial score (nSPS) is 15.1. The van der Waals surface area contributed by atoms with Crippen LogP contribution >= 0.6 is 11.8 Å². The molecule has 0 rings (SSSR count). The zero-order valence-electron chi connectivity index (χ0n) is 10.2. The number of amides is 1. The molecule has 0 aliphatic heterocycles. The van der Waals surface area contributed by atoms with Gasteiger partial charge in [0, 0.05) is 17.8 Å². The lowest BCUT2D eigenvalue weighted by Crippen LogP contribution is -2.39. The number of rotatable bonds is 7. The van der Waals surface area contributed by atoms with E-state index in [9.17, 15) is 4.79 Å². The zero-order chi connectivity index (χ0) is 11.8. The van der Waals surface area contributed by atoms with Gasteiger partial charge in [0.25, 0.3) is 0 Å². The molecule has 1 amide bonds. The Bertz CT molecular complexity index is 181. The Hall–Kier alpha value is -0.220. The summed E-state index contributed by atoms with van der Waals surface area (Å²) in [6, 6.07) is 0.467. The fourth-order valence-electron chi connectivity index (χ4n) is 1.18. The lowest BCUT2D eigenvalue weighted by atomic mass is 10.2. The maximum atomic E-state index is 11.7. The molecule has 0 spiro atoms. The lowest BCUT2D eigenvalue weighted by Gasteiger charge is -2.18. The van der Waals surface area contributed by atoms with Crippen molar-refractivity contribution in [1.82, 2.24) is 5.32 Å². The van der Waals surface area contributed by atoms with Crippen LogP contribution < -0.4 is 11.1 Å². The van der Waals surface area contributed by atoms with Crippen molar-refractivity contribution in [2.24, 2.45) is 5.73 Å². The van der Waals surface area contributed by atoms with Gasteiger partial charge in [-0.1, -0.05) is 13.8 Å². The van der Waals surface area contributed by atoms with Gasteiger partial charge < -0.3 is 11.1 Å². The van der Waals surface area contributed by atoms with Crippen molar-refractivity contribution in [3.05, 3.63) is 0 Å². The highest BCUT2D eigenvalue weighted by Gasteiger charge is 2.16. The molecule has 0 bridgehead atoms. The maximum Gasteiger partial charge on any atom is 0.233 e. The Morgan fingerprint density at radius 2 is 1.87 bits per heavy atom. The van der Waals surface area contributed by atoms with Crippen LogP contribution in [0.5, 0.6) is 0 Å². The summed E-state index contributed by atoms with van der Waals surface area (Å²) in [5, 5.41) is 3.04. The van der Waals surface area contributed by atoms with Crippen molar-refractivity contribution in [2.75, 3.05) is 5.75 Å². The number of hydrogen-bond donors (Lipinski definition) is 2. The predicted molar refractivity (Wildman–Crippen MR) is 68.1 cm³/mol. The van der Waals surface area contributed by atoms with E-state index in [-0.39, 0.29) is 17.2 Å². The summed E-state index contributed by atoms with van der Waals surface area (Å²) in [6.07, 6.45) is 1.99. The second kappa shape index (κ2) is 7.99. The van der Waals surface area contributed by atoms with E-state index in [0.29, 0.717) is 6.04 Å². The minimum Gasteiger partial charge on any atom is -0.352 e. The van der Waals surface area contributed by atoms with Gasteiger partial charge in [0.05, 0.1) is 5.25 Å². The van der Waals surface area contributed by atoms with E-state index < -0.39 is 0 Å². The second-order valence-electron chi connectivity index (χ2n) is 3.97. The van der Waals surface area contributed by atoms with Crippen molar-refractivity contribution in [3.8, 4) is 0 Å².